The zero-order valence-corrected chi connectivity index (χ0v) is 9.04. The molecule has 0 spiro atoms. The summed E-state index contributed by atoms with van der Waals surface area (Å²) in [6.07, 6.45) is -5.35. The van der Waals surface area contributed by atoms with E-state index in [9.17, 15) is 13.2 Å². The van der Waals surface area contributed by atoms with Gasteiger partial charge in [-0.15, -0.1) is 0 Å². The molecule has 0 saturated carbocycles. The molecular weight excluding hydrogens is 235 g/mol. The van der Waals surface area contributed by atoms with E-state index in [2.05, 4.69) is 5.32 Å². The van der Waals surface area contributed by atoms with Gasteiger partial charge in [0.15, 0.2) is 0 Å². The summed E-state index contributed by atoms with van der Waals surface area (Å²) in [6.45, 7) is -0.386. The molecule has 0 radical (unpaired) electrons. The molecule has 1 aromatic carbocycles. The first-order chi connectivity index (χ1) is 7.95. The Morgan fingerprint density at radius 2 is 1.88 bits per heavy atom. The quantitative estimate of drug-likeness (QED) is 0.733. The topological polar surface area (TPSA) is 52.5 Å². The molecule has 0 aromatic heterocycles. The summed E-state index contributed by atoms with van der Waals surface area (Å²) in [5, 5.41) is 20.2. The molecule has 0 aliphatic rings. The summed E-state index contributed by atoms with van der Waals surface area (Å²) in [4.78, 5) is 0. The number of rotatable bonds is 5. The Morgan fingerprint density at radius 3 is 2.47 bits per heavy atom. The van der Waals surface area contributed by atoms with E-state index in [1.54, 1.807) is 0 Å². The first kappa shape index (κ1) is 14.0. The van der Waals surface area contributed by atoms with Crippen LogP contribution in [0.3, 0.4) is 0 Å². The summed E-state index contributed by atoms with van der Waals surface area (Å²) in [6, 6.07) is 5.24. The van der Waals surface area contributed by atoms with E-state index in [1.165, 1.54) is 18.2 Å². The Morgan fingerprint density at radius 1 is 1.24 bits per heavy atom. The third kappa shape index (κ3) is 4.33. The largest absolute Gasteiger partial charge is 0.416 e. The first-order valence-corrected chi connectivity index (χ1v) is 5.10. The van der Waals surface area contributed by atoms with Crippen molar-refractivity contribution in [2.24, 2.45) is 0 Å². The minimum atomic E-state index is -4.38. The molecule has 17 heavy (non-hydrogen) atoms. The second-order valence-electron chi connectivity index (χ2n) is 3.62. The monoisotopic (exact) mass is 249 g/mol. The van der Waals surface area contributed by atoms with Gasteiger partial charge in [0, 0.05) is 13.1 Å². The van der Waals surface area contributed by atoms with Crippen LogP contribution in [0.2, 0.25) is 0 Å². The number of hydrogen-bond acceptors (Lipinski definition) is 3. The van der Waals surface area contributed by atoms with Gasteiger partial charge in [0.2, 0.25) is 0 Å². The van der Waals surface area contributed by atoms with Gasteiger partial charge in [-0.2, -0.15) is 13.2 Å². The highest BCUT2D eigenvalue weighted by Gasteiger charge is 2.32. The van der Waals surface area contributed by atoms with Crippen LogP contribution in [-0.4, -0.2) is 29.5 Å². The van der Waals surface area contributed by atoms with Crippen molar-refractivity contribution in [3.63, 3.8) is 0 Å². The zero-order valence-electron chi connectivity index (χ0n) is 9.04. The second-order valence-corrected chi connectivity index (χ2v) is 3.62. The Hall–Kier alpha value is -1.11. The zero-order chi connectivity index (χ0) is 12.9. The van der Waals surface area contributed by atoms with E-state index in [0.717, 1.165) is 6.07 Å². The highest BCUT2D eigenvalue weighted by molar-refractivity contribution is 5.29. The minimum absolute atomic E-state index is 0.00720. The summed E-state index contributed by atoms with van der Waals surface area (Å²) in [5.41, 5.74) is -0.573. The van der Waals surface area contributed by atoms with E-state index >= 15 is 0 Å². The number of aliphatic hydroxyl groups is 2. The number of benzene rings is 1. The summed E-state index contributed by atoms with van der Waals surface area (Å²) < 4.78 is 37.7. The smallest absolute Gasteiger partial charge is 0.394 e. The Bertz CT molecular complexity index is 355. The molecule has 1 aromatic rings. The molecule has 3 N–H and O–H groups in total. The molecule has 96 valence electrons. The maximum absolute atomic E-state index is 12.6. The predicted molar refractivity (Wildman–Crippen MR) is 56.2 cm³/mol. The minimum Gasteiger partial charge on any atom is -0.394 e. The third-order valence-electron chi connectivity index (χ3n) is 2.23. The fourth-order valence-corrected chi connectivity index (χ4v) is 1.39. The molecule has 6 heteroatoms. The van der Waals surface area contributed by atoms with Gasteiger partial charge in [-0.3, -0.25) is 0 Å². The van der Waals surface area contributed by atoms with E-state index in [4.69, 9.17) is 10.2 Å². The van der Waals surface area contributed by atoms with Crippen LogP contribution in [0.25, 0.3) is 0 Å². The van der Waals surface area contributed by atoms with Crippen molar-refractivity contribution in [1.29, 1.82) is 0 Å². The summed E-state index contributed by atoms with van der Waals surface area (Å²) >= 11 is 0. The molecular formula is C11H14F3NO2. The van der Waals surface area contributed by atoms with Gasteiger partial charge in [-0.25, -0.2) is 0 Å². The Balaban J connectivity index is 2.65. The molecule has 0 amide bonds. The van der Waals surface area contributed by atoms with Crippen molar-refractivity contribution in [3.8, 4) is 0 Å². The molecule has 0 fully saturated rings. The van der Waals surface area contributed by atoms with Crippen molar-refractivity contribution in [3.05, 3.63) is 35.4 Å². The third-order valence-corrected chi connectivity index (χ3v) is 2.23. The van der Waals surface area contributed by atoms with Gasteiger partial charge in [0.1, 0.15) is 0 Å². The molecule has 3 nitrogen and oxygen atoms in total. The molecule has 0 bridgehead atoms. The summed E-state index contributed by atoms with van der Waals surface area (Å²) in [7, 11) is 0. The SMILES string of the molecule is OC[C@@H](O)CNCc1ccccc1C(F)(F)F. The van der Waals surface area contributed by atoms with Crippen LogP contribution in [0, 0.1) is 0 Å². The predicted octanol–water partition coefficient (Wildman–Crippen LogP) is 1.15. The van der Waals surface area contributed by atoms with Crippen molar-refractivity contribution in [1.82, 2.24) is 5.32 Å². The summed E-state index contributed by atoms with van der Waals surface area (Å²) in [5.74, 6) is 0. The Labute approximate surface area is 96.9 Å². The average molecular weight is 249 g/mol. The highest BCUT2D eigenvalue weighted by Crippen LogP contribution is 2.31. The second kappa shape index (κ2) is 6.00. The van der Waals surface area contributed by atoms with Gasteiger partial charge >= 0.3 is 6.18 Å². The van der Waals surface area contributed by atoms with Gasteiger partial charge in [-0.1, -0.05) is 18.2 Å². The number of hydrogen-bond donors (Lipinski definition) is 3. The van der Waals surface area contributed by atoms with Crippen molar-refractivity contribution in [2.45, 2.75) is 18.8 Å². The van der Waals surface area contributed by atoms with Crippen LogP contribution < -0.4 is 5.32 Å². The Kier molecular flexibility index (Phi) is 4.92. The van der Waals surface area contributed by atoms with Crippen LogP contribution in [0.15, 0.2) is 24.3 Å². The van der Waals surface area contributed by atoms with Crippen molar-refractivity contribution in [2.75, 3.05) is 13.2 Å². The number of halogens is 3. The lowest BCUT2D eigenvalue weighted by molar-refractivity contribution is -0.138. The van der Waals surface area contributed by atoms with E-state index in [0.29, 0.717) is 0 Å². The molecule has 0 unspecified atom stereocenters. The van der Waals surface area contributed by atoms with Crippen LogP contribution in [0.5, 0.6) is 0 Å². The lowest BCUT2D eigenvalue weighted by Gasteiger charge is -2.14. The van der Waals surface area contributed by atoms with Gasteiger partial charge in [0.25, 0.3) is 0 Å². The molecule has 0 saturated heterocycles. The molecule has 0 aliphatic heterocycles. The number of nitrogens with one attached hydrogen (secondary N) is 1. The normalized spacial score (nSPS) is 13.7. The fourth-order valence-electron chi connectivity index (χ4n) is 1.39. The van der Waals surface area contributed by atoms with E-state index in [1.807, 2.05) is 0 Å². The number of aliphatic hydroxyl groups excluding tert-OH is 2. The molecule has 1 rings (SSSR count). The average Bonchev–Trinajstić information content (AvgIpc) is 2.28. The van der Waals surface area contributed by atoms with Gasteiger partial charge in [0.05, 0.1) is 18.3 Å². The molecule has 1 atom stereocenters. The van der Waals surface area contributed by atoms with Crippen LogP contribution in [0.4, 0.5) is 13.2 Å². The standard InChI is InChI=1S/C11H14F3NO2/c12-11(13,14)10-4-2-1-3-8(10)5-15-6-9(17)7-16/h1-4,9,15-17H,5-7H2/t9-/m0/s1. The van der Waals surface area contributed by atoms with Gasteiger partial charge < -0.3 is 15.5 Å². The van der Waals surface area contributed by atoms with Crippen molar-refractivity contribution >= 4 is 0 Å². The molecule has 0 aliphatic carbocycles. The first-order valence-electron chi connectivity index (χ1n) is 5.10. The van der Waals surface area contributed by atoms with E-state index in [-0.39, 0.29) is 18.7 Å². The maximum atomic E-state index is 12.6. The maximum Gasteiger partial charge on any atom is 0.416 e. The number of alkyl halides is 3. The highest BCUT2D eigenvalue weighted by atomic mass is 19.4. The van der Waals surface area contributed by atoms with E-state index < -0.39 is 24.5 Å². The lowest BCUT2D eigenvalue weighted by atomic mass is 10.1. The lowest BCUT2D eigenvalue weighted by Crippen LogP contribution is -2.29. The van der Waals surface area contributed by atoms with Crippen LogP contribution in [-0.2, 0) is 12.7 Å². The van der Waals surface area contributed by atoms with Crippen LogP contribution in [0.1, 0.15) is 11.1 Å². The van der Waals surface area contributed by atoms with Crippen molar-refractivity contribution < 1.29 is 23.4 Å². The van der Waals surface area contributed by atoms with Gasteiger partial charge in [-0.05, 0) is 11.6 Å². The molecule has 0 heterocycles. The fraction of sp³-hybridized carbons (Fsp3) is 0.455. The van der Waals surface area contributed by atoms with Crippen LogP contribution >= 0.6 is 0 Å².